The highest BCUT2D eigenvalue weighted by atomic mass is 32.1. The molecule has 1 aliphatic rings. The van der Waals surface area contributed by atoms with Crippen LogP contribution in [0.25, 0.3) is 11.0 Å². The van der Waals surface area contributed by atoms with E-state index in [2.05, 4.69) is 51.4 Å². The second-order valence-corrected chi connectivity index (χ2v) is 6.97. The summed E-state index contributed by atoms with van der Waals surface area (Å²) in [6.07, 6.45) is 1.01. The van der Waals surface area contributed by atoms with Gasteiger partial charge in [-0.05, 0) is 69.2 Å². The van der Waals surface area contributed by atoms with Crippen molar-refractivity contribution in [1.29, 1.82) is 0 Å². The predicted molar refractivity (Wildman–Crippen MR) is 107 cm³/mol. The van der Waals surface area contributed by atoms with Crippen molar-refractivity contribution >= 4 is 39.7 Å². The summed E-state index contributed by atoms with van der Waals surface area (Å²) in [5.74, 6) is 0. The first-order chi connectivity index (χ1) is 12.0. The Morgan fingerprint density at radius 2 is 1.80 bits per heavy atom. The molecule has 2 aromatic carbocycles. The molecule has 0 spiro atoms. The Kier molecular flexibility index (Phi) is 3.88. The van der Waals surface area contributed by atoms with Crippen LogP contribution in [0.2, 0.25) is 0 Å². The highest BCUT2D eigenvalue weighted by molar-refractivity contribution is 7.80. The summed E-state index contributed by atoms with van der Waals surface area (Å²) in [7, 11) is 0. The van der Waals surface area contributed by atoms with Gasteiger partial charge in [-0.2, -0.15) is 0 Å². The first kappa shape index (κ1) is 16.0. The number of anilines is 2. The van der Waals surface area contributed by atoms with Crippen molar-refractivity contribution in [3.8, 4) is 0 Å². The van der Waals surface area contributed by atoms with Gasteiger partial charge in [-0.15, -0.1) is 0 Å². The van der Waals surface area contributed by atoms with Crippen molar-refractivity contribution in [2.24, 2.45) is 0 Å². The molecule has 1 aliphatic heterocycles. The predicted octanol–water partition coefficient (Wildman–Crippen LogP) is 4.39. The number of thiocarbonyl (C=S) groups is 1. The molecule has 0 unspecified atom stereocenters. The number of nitrogens with one attached hydrogen (secondary N) is 1. The van der Waals surface area contributed by atoms with Gasteiger partial charge in [-0.3, -0.25) is 0 Å². The van der Waals surface area contributed by atoms with Gasteiger partial charge in [0, 0.05) is 17.4 Å². The Hall–Kier alpha value is -2.53. The monoisotopic (exact) mass is 348 g/mol. The van der Waals surface area contributed by atoms with E-state index in [4.69, 9.17) is 12.2 Å². The first-order valence-corrected chi connectivity index (χ1v) is 8.87. The van der Waals surface area contributed by atoms with Gasteiger partial charge < -0.3 is 10.2 Å². The highest BCUT2D eigenvalue weighted by Gasteiger charge is 2.28. The summed E-state index contributed by atoms with van der Waals surface area (Å²) < 4.78 is 0. The quantitative estimate of drug-likeness (QED) is 0.660. The second-order valence-electron chi connectivity index (χ2n) is 6.58. The van der Waals surface area contributed by atoms with Gasteiger partial charge in [0.25, 0.3) is 0 Å². The van der Waals surface area contributed by atoms with Crippen LogP contribution in [0.3, 0.4) is 0 Å². The average Bonchev–Trinajstić information content (AvgIpc) is 2.92. The van der Waals surface area contributed by atoms with Gasteiger partial charge in [0.1, 0.15) is 0 Å². The van der Waals surface area contributed by atoms with E-state index in [0.29, 0.717) is 11.2 Å². The van der Waals surface area contributed by atoms with Crippen molar-refractivity contribution in [3.63, 3.8) is 0 Å². The van der Waals surface area contributed by atoms with Gasteiger partial charge in [-0.1, -0.05) is 18.2 Å². The minimum absolute atomic E-state index is 0.350. The van der Waals surface area contributed by atoms with Crippen LogP contribution >= 0.6 is 12.2 Å². The summed E-state index contributed by atoms with van der Waals surface area (Å²) in [6, 6.07) is 14.8. The number of fused-ring (bicyclic) bond motifs is 2. The van der Waals surface area contributed by atoms with Crippen LogP contribution in [0.5, 0.6) is 0 Å². The lowest BCUT2D eigenvalue weighted by atomic mass is 10.1. The van der Waals surface area contributed by atoms with E-state index in [0.717, 1.165) is 34.5 Å². The molecule has 0 amide bonds. The van der Waals surface area contributed by atoms with Crippen molar-refractivity contribution < 1.29 is 0 Å². The summed E-state index contributed by atoms with van der Waals surface area (Å²) >= 11 is 5.70. The van der Waals surface area contributed by atoms with Gasteiger partial charge in [0.05, 0.1) is 22.4 Å². The minimum atomic E-state index is 0.350. The summed E-state index contributed by atoms with van der Waals surface area (Å²) in [6.45, 7) is 6.16. The fraction of sp³-hybridized carbons (Fsp3) is 0.250. The van der Waals surface area contributed by atoms with Gasteiger partial charge in [0.2, 0.25) is 0 Å². The number of aromatic nitrogens is 2. The van der Waals surface area contributed by atoms with Crippen molar-refractivity contribution in [1.82, 2.24) is 9.97 Å². The average molecular weight is 348 g/mol. The Labute approximate surface area is 152 Å². The van der Waals surface area contributed by atoms with E-state index >= 15 is 0 Å². The molecule has 126 valence electrons. The van der Waals surface area contributed by atoms with Crippen LogP contribution < -0.4 is 10.2 Å². The molecule has 0 fully saturated rings. The molecule has 25 heavy (non-hydrogen) atoms. The standard InChI is InChI=1S/C20H20N4S/c1-12-10-15-6-4-5-7-19(15)24(12)20(25)23-16-8-9-17-18(11-16)22-14(3)13(2)21-17/h4-9,11-12H,10H2,1-3H3,(H,23,25)/t12-/m1/s1. The third-order valence-corrected chi connectivity index (χ3v) is 5.05. The SMILES string of the molecule is Cc1nc2ccc(NC(=S)N3c4ccccc4C[C@H]3C)cc2nc1C. The van der Waals surface area contributed by atoms with Crippen LogP contribution in [0, 0.1) is 13.8 Å². The Morgan fingerprint density at radius 1 is 1.08 bits per heavy atom. The normalized spacial score (nSPS) is 16.1. The molecule has 1 atom stereocenters. The fourth-order valence-corrected chi connectivity index (χ4v) is 3.76. The zero-order valence-corrected chi connectivity index (χ0v) is 15.4. The molecule has 4 rings (SSSR count). The van der Waals surface area contributed by atoms with Crippen LogP contribution in [0.1, 0.15) is 23.9 Å². The number of benzene rings is 2. The number of nitrogens with zero attached hydrogens (tertiary/aromatic N) is 3. The van der Waals surface area contributed by atoms with Crippen LogP contribution in [-0.2, 0) is 6.42 Å². The number of hydrogen-bond donors (Lipinski definition) is 1. The van der Waals surface area contributed by atoms with E-state index < -0.39 is 0 Å². The lowest BCUT2D eigenvalue weighted by Crippen LogP contribution is -2.38. The number of rotatable bonds is 1. The van der Waals surface area contributed by atoms with E-state index in [9.17, 15) is 0 Å². The molecule has 0 bridgehead atoms. The van der Waals surface area contributed by atoms with E-state index in [1.807, 2.05) is 32.0 Å². The summed E-state index contributed by atoms with van der Waals surface area (Å²) in [4.78, 5) is 11.4. The molecule has 3 aromatic rings. The molecule has 1 aromatic heterocycles. The fourth-order valence-electron chi connectivity index (χ4n) is 3.37. The molecule has 0 saturated heterocycles. The second kappa shape index (κ2) is 6.08. The smallest absolute Gasteiger partial charge is 0.178 e. The molecule has 5 heteroatoms. The third-order valence-electron chi connectivity index (χ3n) is 4.75. The molecular formula is C20H20N4S. The third kappa shape index (κ3) is 2.85. The molecule has 0 radical (unpaired) electrons. The highest BCUT2D eigenvalue weighted by Crippen LogP contribution is 2.32. The molecule has 2 heterocycles. The summed E-state index contributed by atoms with van der Waals surface area (Å²) in [5, 5.41) is 4.09. The van der Waals surface area contributed by atoms with Crippen molar-refractivity contribution in [2.75, 3.05) is 10.2 Å². The Bertz CT molecular complexity index is 983. The van der Waals surface area contributed by atoms with Crippen molar-refractivity contribution in [3.05, 3.63) is 59.4 Å². The number of aryl methyl sites for hydroxylation is 2. The van der Waals surface area contributed by atoms with Crippen molar-refractivity contribution in [2.45, 2.75) is 33.2 Å². The van der Waals surface area contributed by atoms with Crippen LogP contribution in [0.4, 0.5) is 11.4 Å². The maximum atomic E-state index is 5.70. The topological polar surface area (TPSA) is 41.1 Å². The maximum Gasteiger partial charge on any atom is 0.178 e. The zero-order valence-electron chi connectivity index (χ0n) is 14.6. The first-order valence-electron chi connectivity index (χ1n) is 8.46. The van der Waals surface area contributed by atoms with E-state index in [1.54, 1.807) is 0 Å². The lowest BCUT2D eigenvalue weighted by Gasteiger charge is -2.26. The Balaban J connectivity index is 1.63. The van der Waals surface area contributed by atoms with E-state index in [-0.39, 0.29) is 0 Å². The van der Waals surface area contributed by atoms with Gasteiger partial charge >= 0.3 is 0 Å². The van der Waals surface area contributed by atoms with E-state index in [1.165, 1.54) is 11.3 Å². The maximum absolute atomic E-state index is 5.70. The number of hydrogen-bond acceptors (Lipinski definition) is 3. The molecule has 1 N–H and O–H groups in total. The Morgan fingerprint density at radius 3 is 2.60 bits per heavy atom. The van der Waals surface area contributed by atoms with Gasteiger partial charge in [-0.25, -0.2) is 9.97 Å². The largest absolute Gasteiger partial charge is 0.332 e. The number of para-hydroxylation sites is 1. The zero-order chi connectivity index (χ0) is 17.6. The summed E-state index contributed by atoms with van der Waals surface area (Å²) in [5.41, 5.74) is 7.17. The lowest BCUT2D eigenvalue weighted by molar-refractivity contribution is 0.776. The molecule has 4 nitrogen and oxygen atoms in total. The van der Waals surface area contributed by atoms with Gasteiger partial charge in [0.15, 0.2) is 5.11 Å². The van der Waals surface area contributed by atoms with Crippen LogP contribution in [0.15, 0.2) is 42.5 Å². The molecule has 0 aliphatic carbocycles. The minimum Gasteiger partial charge on any atom is -0.332 e. The molecular weight excluding hydrogens is 328 g/mol. The van der Waals surface area contributed by atoms with Crippen LogP contribution in [-0.4, -0.2) is 21.1 Å². The molecule has 0 saturated carbocycles.